The van der Waals surface area contributed by atoms with Crippen LogP contribution in [0.15, 0.2) is 18.2 Å². The summed E-state index contributed by atoms with van der Waals surface area (Å²) >= 11 is 0. The first kappa shape index (κ1) is 7.22. The van der Waals surface area contributed by atoms with E-state index in [1.54, 1.807) is 6.07 Å². The molecule has 0 aliphatic heterocycles. The van der Waals surface area contributed by atoms with Crippen molar-refractivity contribution in [1.29, 1.82) is 5.26 Å². The Bertz CT molecular complexity index is 327. The van der Waals surface area contributed by atoms with Crippen molar-refractivity contribution in [3.05, 3.63) is 29.6 Å². The fraction of sp³-hybridized carbons (Fsp3) is 0. The van der Waals surface area contributed by atoms with Crippen LogP contribution in [-0.4, -0.2) is 16.1 Å². The lowest BCUT2D eigenvalue weighted by molar-refractivity contribution is 0.0690. The van der Waals surface area contributed by atoms with Gasteiger partial charge in [-0.3, -0.25) is 0 Å². The lowest BCUT2D eigenvalue weighted by Crippen LogP contribution is -2.00. The van der Waals surface area contributed by atoms with Gasteiger partial charge in [-0.25, -0.2) is 9.78 Å². The molecule has 11 heavy (non-hydrogen) atoms. The molecule has 1 heterocycles. The van der Waals surface area contributed by atoms with E-state index in [0.717, 1.165) is 0 Å². The summed E-state index contributed by atoms with van der Waals surface area (Å²) < 4.78 is 0. The van der Waals surface area contributed by atoms with E-state index in [1.165, 1.54) is 18.2 Å². The van der Waals surface area contributed by atoms with Crippen LogP contribution in [0.3, 0.4) is 0 Å². The van der Waals surface area contributed by atoms with E-state index in [4.69, 9.17) is 10.4 Å². The van der Waals surface area contributed by atoms with Crippen LogP contribution >= 0.6 is 0 Å². The third-order valence-electron chi connectivity index (χ3n) is 1.08. The Hall–Kier alpha value is -1.89. The molecule has 0 bridgehead atoms. The van der Waals surface area contributed by atoms with E-state index in [0.29, 0.717) is 0 Å². The molecular formula is C7H4N2O2. The van der Waals surface area contributed by atoms with Crippen LogP contribution in [0.25, 0.3) is 0 Å². The lowest BCUT2D eigenvalue weighted by Gasteiger charge is -1.91. The molecule has 0 amide bonds. The fourth-order valence-corrected chi connectivity index (χ4v) is 0.616. The van der Waals surface area contributed by atoms with Crippen molar-refractivity contribution >= 4 is 5.97 Å². The Kier molecular flexibility index (Phi) is 1.83. The first-order valence-corrected chi connectivity index (χ1v) is 2.84. The lowest BCUT2D eigenvalue weighted by atomic mass is 10.3. The molecule has 1 rings (SSSR count). The molecule has 0 radical (unpaired) electrons. The van der Waals surface area contributed by atoms with Gasteiger partial charge >= 0.3 is 5.97 Å². The number of hydrogen-bond donors (Lipinski definition) is 1. The van der Waals surface area contributed by atoms with Gasteiger partial charge in [-0.1, -0.05) is 6.07 Å². The molecule has 4 heteroatoms. The van der Waals surface area contributed by atoms with Gasteiger partial charge in [0.1, 0.15) is 17.5 Å². The molecular weight excluding hydrogens is 144 g/mol. The van der Waals surface area contributed by atoms with Crippen molar-refractivity contribution < 1.29 is 9.90 Å². The second-order valence-electron chi connectivity index (χ2n) is 1.83. The van der Waals surface area contributed by atoms with Gasteiger partial charge < -0.3 is 5.11 Å². The van der Waals surface area contributed by atoms with Crippen LogP contribution in [0.1, 0.15) is 16.2 Å². The summed E-state index contributed by atoms with van der Waals surface area (Å²) in [4.78, 5) is 13.8. The number of hydrogen-bond acceptors (Lipinski definition) is 3. The first-order valence-electron chi connectivity index (χ1n) is 2.84. The van der Waals surface area contributed by atoms with Crippen molar-refractivity contribution in [1.82, 2.24) is 4.98 Å². The zero-order chi connectivity index (χ0) is 8.27. The number of nitrogens with zero attached hydrogens (tertiary/aromatic N) is 2. The summed E-state index contributed by atoms with van der Waals surface area (Å²) in [5.41, 5.74) is 0.00829. The molecule has 0 spiro atoms. The van der Waals surface area contributed by atoms with Crippen molar-refractivity contribution in [2.45, 2.75) is 0 Å². The average Bonchev–Trinajstić information content (AvgIpc) is 2.05. The van der Waals surface area contributed by atoms with Gasteiger partial charge in [0.25, 0.3) is 0 Å². The number of rotatable bonds is 1. The van der Waals surface area contributed by atoms with Gasteiger partial charge in [-0.05, 0) is 12.1 Å². The molecule has 4 nitrogen and oxygen atoms in total. The largest absolute Gasteiger partial charge is 0.477 e. The van der Waals surface area contributed by atoms with Gasteiger partial charge in [0.15, 0.2) is 0 Å². The van der Waals surface area contributed by atoms with Crippen LogP contribution in [0.4, 0.5) is 0 Å². The molecule has 0 saturated heterocycles. The molecule has 1 aromatic heterocycles. The van der Waals surface area contributed by atoms with Crippen LogP contribution in [0.5, 0.6) is 0 Å². The summed E-state index contributed by atoms with van der Waals surface area (Å²) in [6, 6.07) is 6.02. The van der Waals surface area contributed by atoms with Crippen LogP contribution < -0.4 is 0 Å². The Balaban J connectivity index is 3.13. The Morgan fingerprint density at radius 2 is 2.36 bits per heavy atom. The third kappa shape index (κ3) is 1.52. The molecule has 0 aliphatic rings. The highest BCUT2D eigenvalue weighted by molar-refractivity contribution is 5.85. The fourth-order valence-electron chi connectivity index (χ4n) is 0.616. The second-order valence-corrected chi connectivity index (χ2v) is 1.83. The molecule has 0 aromatic carbocycles. The van der Waals surface area contributed by atoms with Crippen molar-refractivity contribution in [3.8, 4) is 6.07 Å². The highest BCUT2D eigenvalue weighted by Crippen LogP contribution is 1.97. The number of aromatic nitrogens is 1. The van der Waals surface area contributed by atoms with E-state index in [-0.39, 0.29) is 11.4 Å². The number of carbonyl (C=O) groups is 1. The zero-order valence-corrected chi connectivity index (χ0v) is 5.48. The Morgan fingerprint density at radius 1 is 1.64 bits per heavy atom. The van der Waals surface area contributed by atoms with E-state index < -0.39 is 5.97 Å². The summed E-state index contributed by atoms with van der Waals surface area (Å²) in [5.74, 6) is -1.12. The molecule has 0 fully saturated rings. The Morgan fingerprint density at radius 3 is 2.91 bits per heavy atom. The van der Waals surface area contributed by atoms with Gasteiger partial charge in [-0.15, -0.1) is 0 Å². The van der Waals surface area contributed by atoms with Gasteiger partial charge in [-0.2, -0.15) is 5.26 Å². The standard InChI is InChI=1S/C7H4N2O2/c8-4-5-2-1-3-6(9-5)7(10)11/h1-3H,(H,10,11). The average molecular weight is 148 g/mol. The molecule has 0 unspecified atom stereocenters. The number of carboxylic acids is 1. The minimum atomic E-state index is -1.12. The zero-order valence-electron chi connectivity index (χ0n) is 5.48. The number of carboxylic acid groups (broad SMARTS) is 1. The van der Waals surface area contributed by atoms with E-state index in [1.807, 2.05) is 0 Å². The van der Waals surface area contributed by atoms with Crippen LogP contribution in [-0.2, 0) is 0 Å². The molecule has 1 aromatic rings. The topological polar surface area (TPSA) is 74.0 Å². The van der Waals surface area contributed by atoms with Gasteiger partial charge in [0.2, 0.25) is 0 Å². The smallest absolute Gasteiger partial charge is 0.354 e. The number of aromatic carboxylic acids is 1. The minimum Gasteiger partial charge on any atom is -0.477 e. The maximum absolute atomic E-state index is 10.3. The normalized spacial score (nSPS) is 8.64. The molecule has 0 saturated carbocycles. The van der Waals surface area contributed by atoms with Gasteiger partial charge in [0.05, 0.1) is 0 Å². The summed E-state index contributed by atoms with van der Waals surface area (Å²) in [6.45, 7) is 0. The van der Waals surface area contributed by atoms with Crippen molar-refractivity contribution in [2.75, 3.05) is 0 Å². The van der Waals surface area contributed by atoms with Gasteiger partial charge in [0, 0.05) is 0 Å². The monoisotopic (exact) mass is 148 g/mol. The van der Waals surface area contributed by atoms with E-state index in [9.17, 15) is 4.79 Å². The van der Waals surface area contributed by atoms with Crippen molar-refractivity contribution in [2.24, 2.45) is 0 Å². The van der Waals surface area contributed by atoms with Crippen LogP contribution in [0, 0.1) is 11.3 Å². The Labute approximate surface area is 62.7 Å². The maximum Gasteiger partial charge on any atom is 0.354 e. The second kappa shape index (κ2) is 2.80. The summed E-state index contributed by atoms with van der Waals surface area (Å²) in [7, 11) is 0. The predicted molar refractivity (Wildman–Crippen MR) is 35.9 cm³/mol. The van der Waals surface area contributed by atoms with E-state index >= 15 is 0 Å². The molecule has 0 atom stereocenters. The quantitative estimate of drug-likeness (QED) is 0.634. The highest BCUT2D eigenvalue weighted by Gasteiger charge is 2.03. The van der Waals surface area contributed by atoms with E-state index in [2.05, 4.69) is 4.98 Å². The molecule has 54 valence electrons. The van der Waals surface area contributed by atoms with Crippen LogP contribution in [0.2, 0.25) is 0 Å². The number of nitriles is 1. The first-order chi connectivity index (χ1) is 5.24. The summed E-state index contributed by atoms with van der Waals surface area (Å²) in [6.07, 6.45) is 0. The SMILES string of the molecule is N#Cc1cccc(C(=O)O)n1. The maximum atomic E-state index is 10.3. The highest BCUT2D eigenvalue weighted by atomic mass is 16.4. The molecule has 1 N–H and O–H groups in total. The predicted octanol–water partition coefficient (Wildman–Crippen LogP) is 0.651. The number of pyridine rings is 1. The van der Waals surface area contributed by atoms with Crippen molar-refractivity contribution in [3.63, 3.8) is 0 Å². The summed E-state index contributed by atoms with van der Waals surface area (Å²) in [5, 5.41) is 16.8. The third-order valence-corrected chi connectivity index (χ3v) is 1.08. The minimum absolute atomic E-state index is 0.107. The molecule has 0 aliphatic carbocycles.